The molecule has 2 aliphatic carbocycles. The standard InChI is InChI=1S/C12H18O/c1-4-11(13)12(3)8(2)9-5-6-10(12)7-9/h4,9-11,13H,1-2,5-7H2,3H3/t9-,10+,11?,12-/m0/s1. The fraction of sp³-hybridized carbons (Fsp3) is 0.667. The van der Waals surface area contributed by atoms with Gasteiger partial charge >= 0.3 is 0 Å². The molecule has 0 radical (unpaired) electrons. The van der Waals surface area contributed by atoms with Gasteiger partial charge in [0.2, 0.25) is 0 Å². The van der Waals surface area contributed by atoms with Gasteiger partial charge < -0.3 is 5.11 Å². The molecule has 0 aliphatic heterocycles. The Bertz CT molecular complexity index is 256. The van der Waals surface area contributed by atoms with Gasteiger partial charge in [0.1, 0.15) is 0 Å². The summed E-state index contributed by atoms with van der Waals surface area (Å²) in [4.78, 5) is 0. The van der Waals surface area contributed by atoms with Crippen LogP contribution in [0.1, 0.15) is 26.2 Å². The number of hydrogen-bond acceptors (Lipinski definition) is 1. The van der Waals surface area contributed by atoms with Crippen molar-refractivity contribution in [3.05, 3.63) is 24.8 Å². The molecule has 72 valence electrons. The highest BCUT2D eigenvalue weighted by molar-refractivity contribution is 5.27. The van der Waals surface area contributed by atoms with Gasteiger partial charge in [-0.3, -0.25) is 0 Å². The van der Waals surface area contributed by atoms with Crippen LogP contribution in [0.5, 0.6) is 0 Å². The lowest BCUT2D eigenvalue weighted by Crippen LogP contribution is -2.37. The summed E-state index contributed by atoms with van der Waals surface area (Å²) in [6.07, 6.45) is 5.02. The lowest BCUT2D eigenvalue weighted by Gasteiger charge is -2.38. The van der Waals surface area contributed by atoms with Crippen molar-refractivity contribution in [1.82, 2.24) is 0 Å². The Labute approximate surface area is 80.2 Å². The number of aliphatic hydroxyl groups is 1. The molecule has 0 aromatic rings. The van der Waals surface area contributed by atoms with Crippen LogP contribution in [0, 0.1) is 17.3 Å². The van der Waals surface area contributed by atoms with E-state index < -0.39 is 6.10 Å². The first-order valence-corrected chi connectivity index (χ1v) is 5.10. The third-order valence-electron chi connectivity index (χ3n) is 4.30. The summed E-state index contributed by atoms with van der Waals surface area (Å²) in [5.74, 6) is 1.31. The second-order valence-corrected chi connectivity index (χ2v) is 4.70. The van der Waals surface area contributed by atoms with Crippen molar-refractivity contribution < 1.29 is 5.11 Å². The Hall–Kier alpha value is -0.560. The smallest absolute Gasteiger partial charge is 0.0811 e. The van der Waals surface area contributed by atoms with Gasteiger partial charge in [-0.25, -0.2) is 0 Å². The highest BCUT2D eigenvalue weighted by Gasteiger charge is 2.53. The summed E-state index contributed by atoms with van der Waals surface area (Å²) in [5.41, 5.74) is 1.18. The lowest BCUT2D eigenvalue weighted by atomic mass is 9.68. The van der Waals surface area contributed by atoms with Gasteiger partial charge in [0.05, 0.1) is 6.10 Å². The van der Waals surface area contributed by atoms with Gasteiger partial charge in [0, 0.05) is 5.41 Å². The van der Waals surface area contributed by atoms with Gasteiger partial charge in [-0.05, 0) is 31.1 Å². The molecule has 1 unspecified atom stereocenters. The van der Waals surface area contributed by atoms with Crippen LogP contribution in [0.15, 0.2) is 24.8 Å². The number of aliphatic hydroxyl groups excluding tert-OH is 1. The Kier molecular flexibility index (Phi) is 1.88. The van der Waals surface area contributed by atoms with Crippen LogP contribution in [-0.4, -0.2) is 11.2 Å². The molecule has 2 saturated carbocycles. The van der Waals surface area contributed by atoms with E-state index in [0.29, 0.717) is 11.8 Å². The van der Waals surface area contributed by atoms with Crippen molar-refractivity contribution in [2.45, 2.75) is 32.3 Å². The van der Waals surface area contributed by atoms with Crippen molar-refractivity contribution >= 4 is 0 Å². The second kappa shape index (κ2) is 2.71. The Morgan fingerprint density at radius 3 is 2.77 bits per heavy atom. The number of fused-ring (bicyclic) bond motifs is 2. The van der Waals surface area contributed by atoms with E-state index >= 15 is 0 Å². The molecule has 2 bridgehead atoms. The number of hydrogen-bond donors (Lipinski definition) is 1. The molecule has 2 rings (SSSR count). The summed E-state index contributed by atoms with van der Waals surface area (Å²) in [7, 11) is 0. The molecule has 0 aromatic carbocycles. The topological polar surface area (TPSA) is 20.2 Å². The normalized spacial score (nSPS) is 45.2. The van der Waals surface area contributed by atoms with E-state index in [9.17, 15) is 5.11 Å². The van der Waals surface area contributed by atoms with Gasteiger partial charge in [-0.15, -0.1) is 6.58 Å². The Balaban J connectivity index is 2.32. The molecule has 4 atom stereocenters. The zero-order valence-corrected chi connectivity index (χ0v) is 8.29. The maximum Gasteiger partial charge on any atom is 0.0811 e. The first-order valence-electron chi connectivity index (χ1n) is 5.10. The molecule has 1 heteroatoms. The minimum atomic E-state index is -0.407. The SMILES string of the molecule is C=CC(O)[C@@]1(C)C(=C)[C@H]2CC[C@@H]1C2. The van der Waals surface area contributed by atoms with Gasteiger partial charge in [0.15, 0.2) is 0 Å². The van der Waals surface area contributed by atoms with Crippen molar-refractivity contribution in [3.63, 3.8) is 0 Å². The predicted molar refractivity (Wildman–Crippen MR) is 54.3 cm³/mol. The quantitative estimate of drug-likeness (QED) is 0.644. The molecular formula is C12H18O. The molecule has 0 spiro atoms. The average molecular weight is 178 g/mol. The minimum absolute atomic E-state index is 0.0787. The predicted octanol–water partition coefficient (Wildman–Crippen LogP) is 2.53. The van der Waals surface area contributed by atoms with E-state index in [4.69, 9.17) is 0 Å². The highest BCUT2D eigenvalue weighted by Crippen LogP contribution is 2.60. The molecule has 2 aliphatic rings. The van der Waals surface area contributed by atoms with Crippen molar-refractivity contribution in [1.29, 1.82) is 0 Å². The summed E-state index contributed by atoms with van der Waals surface area (Å²) < 4.78 is 0. The molecule has 2 fully saturated rings. The van der Waals surface area contributed by atoms with Crippen LogP contribution in [0.3, 0.4) is 0 Å². The van der Waals surface area contributed by atoms with E-state index in [0.717, 1.165) is 0 Å². The lowest BCUT2D eigenvalue weighted by molar-refractivity contribution is 0.0645. The molecule has 0 aromatic heterocycles. The van der Waals surface area contributed by atoms with Crippen LogP contribution >= 0.6 is 0 Å². The fourth-order valence-corrected chi connectivity index (χ4v) is 3.22. The maximum absolute atomic E-state index is 9.93. The molecule has 1 nitrogen and oxygen atoms in total. The van der Waals surface area contributed by atoms with E-state index in [1.54, 1.807) is 6.08 Å². The zero-order chi connectivity index (χ0) is 9.64. The second-order valence-electron chi connectivity index (χ2n) is 4.70. The van der Waals surface area contributed by atoms with E-state index in [1.807, 2.05) is 0 Å². The zero-order valence-electron chi connectivity index (χ0n) is 8.29. The summed E-state index contributed by atoms with van der Waals surface area (Å²) in [6, 6.07) is 0. The Morgan fingerprint density at radius 2 is 2.31 bits per heavy atom. The van der Waals surface area contributed by atoms with E-state index in [2.05, 4.69) is 20.1 Å². The van der Waals surface area contributed by atoms with Crippen molar-refractivity contribution in [2.24, 2.45) is 17.3 Å². The third kappa shape index (κ3) is 0.969. The summed E-state index contributed by atoms with van der Waals surface area (Å²) in [5, 5.41) is 9.93. The van der Waals surface area contributed by atoms with Crippen molar-refractivity contribution in [2.75, 3.05) is 0 Å². The monoisotopic (exact) mass is 178 g/mol. The number of rotatable bonds is 2. The molecular weight excluding hydrogens is 160 g/mol. The van der Waals surface area contributed by atoms with Crippen LogP contribution in [0.25, 0.3) is 0 Å². The third-order valence-corrected chi connectivity index (χ3v) is 4.30. The summed E-state index contributed by atoms with van der Waals surface area (Å²) >= 11 is 0. The highest BCUT2D eigenvalue weighted by atomic mass is 16.3. The molecule has 13 heavy (non-hydrogen) atoms. The van der Waals surface area contributed by atoms with Gasteiger partial charge in [-0.1, -0.05) is 25.2 Å². The first-order chi connectivity index (χ1) is 6.10. The van der Waals surface area contributed by atoms with Crippen molar-refractivity contribution in [3.8, 4) is 0 Å². The van der Waals surface area contributed by atoms with Crippen LogP contribution < -0.4 is 0 Å². The fourth-order valence-electron chi connectivity index (χ4n) is 3.22. The Morgan fingerprint density at radius 1 is 1.62 bits per heavy atom. The van der Waals surface area contributed by atoms with E-state index in [1.165, 1.54) is 24.8 Å². The largest absolute Gasteiger partial charge is 0.388 e. The summed E-state index contributed by atoms with van der Waals surface area (Å²) in [6.45, 7) is 9.97. The first kappa shape index (κ1) is 9.01. The van der Waals surface area contributed by atoms with E-state index in [-0.39, 0.29) is 5.41 Å². The molecule has 0 heterocycles. The van der Waals surface area contributed by atoms with Gasteiger partial charge in [0.25, 0.3) is 0 Å². The van der Waals surface area contributed by atoms with Crippen LogP contribution in [0.4, 0.5) is 0 Å². The maximum atomic E-state index is 9.93. The van der Waals surface area contributed by atoms with Crippen LogP contribution in [-0.2, 0) is 0 Å². The molecule has 1 N–H and O–H groups in total. The molecule has 0 saturated heterocycles. The molecule has 0 amide bonds. The van der Waals surface area contributed by atoms with Gasteiger partial charge in [-0.2, -0.15) is 0 Å². The minimum Gasteiger partial charge on any atom is -0.388 e. The van der Waals surface area contributed by atoms with Crippen LogP contribution in [0.2, 0.25) is 0 Å². The average Bonchev–Trinajstić information content (AvgIpc) is 2.69.